The van der Waals surface area contributed by atoms with Crippen LogP contribution >= 0.6 is 0 Å². The second-order valence-electron chi connectivity index (χ2n) is 8.95. The predicted molar refractivity (Wildman–Crippen MR) is 124 cm³/mol. The van der Waals surface area contributed by atoms with Gasteiger partial charge in [0.15, 0.2) is 0 Å². The molecule has 0 heterocycles. The minimum absolute atomic E-state index is 0.0606. The number of carbonyl (C=O) groups excluding carboxylic acids is 2. The van der Waals surface area contributed by atoms with Crippen LogP contribution in [0.1, 0.15) is 56.1 Å². The second kappa shape index (κ2) is 10.1. The first kappa shape index (κ1) is 22.8. The largest absolute Gasteiger partial charge is 0.481 e. The normalized spacial score (nSPS) is 17.0. The van der Waals surface area contributed by atoms with Crippen molar-refractivity contribution in [2.75, 3.05) is 6.61 Å². The summed E-state index contributed by atoms with van der Waals surface area (Å²) in [4.78, 5) is 36.3. The van der Waals surface area contributed by atoms with Gasteiger partial charge in [0.05, 0.1) is 6.42 Å². The molecule has 7 nitrogen and oxygen atoms in total. The molecule has 2 aliphatic rings. The van der Waals surface area contributed by atoms with Gasteiger partial charge in [-0.25, -0.2) is 4.79 Å². The molecule has 174 valence electrons. The van der Waals surface area contributed by atoms with Crippen molar-refractivity contribution in [3.05, 3.63) is 59.7 Å². The van der Waals surface area contributed by atoms with E-state index in [4.69, 9.17) is 4.74 Å². The van der Waals surface area contributed by atoms with Crippen molar-refractivity contribution < 1.29 is 24.2 Å². The van der Waals surface area contributed by atoms with Crippen molar-refractivity contribution in [3.8, 4) is 11.1 Å². The topological polar surface area (TPSA) is 105 Å². The molecule has 2 atom stereocenters. The van der Waals surface area contributed by atoms with Crippen LogP contribution in [0.5, 0.6) is 0 Å². The lowest BCUT2D eigenvalue weighted by molar-refractivity contribution is -0.138. The van der Waals surface area contributed by atoms with Crippen molar-refractivity contribution in [2.24, 2.45) is 5.92 Å². The summed E-state index contributed by atoms with van der Waals surface area (Å²) < 4.78 is 5.51. The van der Waals surface area contributed by atoms with Crippen LogP contribution in [0.2, 0.25) is 0 Å². The number of fused-ring (bicyclic) bond motifs is 3. The van der Waals surface area contributed by atoms with Crippen molar-refractivity contribution in [1.29, 1.82) is 0 Å². The zero-order chi connectivity index (χ0) is 23.4. The molecule has 0 saturated heterocycles. The van der Waals surface area contributed by atoms with E-state index in [0.717, 1.165) is 47.9 Å². The Morgan fingerprint density at radius 3 is 2.12 bits per heavy atom. The Morgan fingerprint density at radius 2 is 1.55 bits per heavy atom. The molecule has 33 heavy (non-hydrogen) atoms. The van der Waals surface area contributed by atoms with Gasteiger partial charge in [-0.3, -0.25) is 9.59 Å². The van der Waals surface area contributed by atoms with E-state index >= 15 is 0 Å². The van der Waals surface area contributed by atoms with E-state index in [-0.39, 0.29) is 24.9 Å². The van der Waals surface area contributed by atoms with Gasteiger partial charge in [-0.1, -0.05) is 61.4 Å². The molecule has 0 aliphatic heterocycles. The average molecular weight is 451 g/mol. The van der Waals surface area contributed by atoms with Crippen LogP contribution in [-0.4, -0.2) is 41.8 Å². The fourth-order valence-electron chi connectivity index (χ4n) is 5.07. The molecule has 4 rings (SSSR count). The maximum absolute atomic E-state index is 12.6. The fourth-order valence-corrected chi connectivity index (χ4v) is 5.07. The second-order valence-corrected chi connectivity index (χ2v) is 8.95. The van der Waals surface area contributed by atoms with Crippen molar-refractivity contribution >= 4 is 18.0 Å². The molecule has 7 heteroatoms. The Balaban J connectivity index is 1.33. The number of nitrogens with one attached hydrogen (secondary N) is 2. The number of amides is 2. The number of rotatable bonds is 8. The SMILES string of the molecule is CC(NC(=O)OCC1c2ccccc2-c2ccccc21)C(=O)NC(CC(=O)O)C1CCCC1. The molecular formula is C26H30N2O5. The Kier molecular flexibility index (Phi) is 6.96. The lowest BCUT2D eigenvalue weighted by atomic mass is 9.95. The van der Waals surface area contributed by atoms with Crippen LogP contribution in [-0.2, 0) is 14.3 Å². The number of alkyl carbamates (subject to hydrolysis) is 1. The monoisotopic (exact) mass is 450 g/mol. The van der Waals surface area contributed by atoms with Crippen LogP contribution in [0.4, 0.5) is 4.79 Å². The molecule has 2 aliphatic carbocycles. The van der Waals surface area contributed by atoms with Crippen molar-refractivity contribution in [1.82, 2.24) is 10.6 Å². The molecule has 2 amide bonds. The number of ether oxygens (including phenoxy) is 1. The van der Waals surface area contributed by atoms with Crippen LogP contribution in [0, 0.1) is 5.92 Å². The summed E-state index contributed by atoms with van der Waals surface area (Å²) in [6, 6.07) is 14.9. The molecule has 1 fully saturated rings. The van der Waals surface area contributed by atoms with E-state index in [9.17, 15) is 19.5 Å². The van der Waals surface area contributed by atoms with Crippen LogP contribution in [0.3, 0.4) is 0 Å². The van der Waals surface area contributed by atoms with Gasteiger partial charge in [-0.15, -0.1) is 0 Å². The lowest BCUT2D eigenvalue weighted by Crippen LogP contribution is -2.50. The maximum Gasteiger partial charge on any atom is 0.407 e. The minimum atomic E-state index is -0.940. The third-order valence-corrected chi connectivity index (χ3v) is 6.76. The first-order valence-corrected chi connectivity index (χ1v) is 11.6. The fraction of sp³-hybridized carbons (Fsp3) is 0.423. The van der Waals surface area contributed by atoms with E-state index < -0.39 is 30.1 Å². The first-order chi connectivity index (χ1) is 15.9. The smallest absolute Gasteiger partial charge is 0.407 e. The average Bonchev–Trinajstić information content (AvgIpc) is 3.44. The minimum Gasteiger partial charge on any atom is -0.481 e. The van der Waals surface area contributed by atoms with E-state index in [1.807, 2.05) is 36.4 Å². The molecule has 0 aromatic heterocycles. The van der Waals surface area contributed by atoms with E-state index in [1.165, 1.54) is 0 Å². The first-order valence-electron chi connectivity index (χ1n) is 11.6. The summed E-state index contributed by atoms with van der Waals surface area (Å²) in [7, 11) is 0. The standard InChI is InChI=1S/C26H30N2O5/c1-16(25(31)28-23(14-24(29)30)17-8-2-3-9-17)27-26(32)33-15-22-20-12-6-4-10-18(20)19-11-5-7-13-21(19)22/h4-7,10-13,16-17,22-23H,2-3,8-9,14-15H2,1H3,(H,27,32)(H,28,31)(H,29,30). The van der Waals surface area contributed by atoms with Gasteiger partial charge in [-0.05, 0) is 47.9 Å². The molecule has 3 N–H and O–H groups in total. The molecule has 0 radical (unpaired) electrons. The molecule has 2 unspecified atom stereocenters. The number of aliphatic carboxylic acids is 1. The Hall–Kier alpha value is -3.35. The predicted octanol–water partition coefficient (Wildman–Crippen LogP) is 4.06. The highest BCUT2D eigenvalue weighted by Crippen LogP contribution is 2.44. The van der Waals surface area contributed by atoms with Crippen molar-refractivity contribution in [3.63, 3.8) is 0 Å². The van der Waals surface area contributed by atoms with E-state index in [2.05, 4.69) is 22.8 Å². The summed E-state index contributed by atoms with van der Waals surface area (Å²) in [6.45, 7) is 1.74. The van der Waals surface area contributed by atoms with Gasteiger partial charge in [0.2, 0.25) is 5.91 Å². The zero-order valence-corrected chi connectivity index (χ0v) is 18.8. The Bertz CT molecular complexity index is 985. The highest BCUT2D eigenvalue weighted by Gasteiger charge is 2.31. The maximum atomic E-state index is 12.6. The number of hydrogen-bond donors (Lipinski definition) is 3. The zero-order valence-electron chi connectivity index (χ0n) is 18.8. The molecule has 0 spiro atoms. The van der Waals surface area contributed by atoms with Crippen LogP contribution in [0.15, 0.2) is 48.5 Å². The van der Waals surface area contributed by atoms with Crippen LogP contribution < -0.4 is 10.6 Å². The Labute approximate surface area is 193 Å². The van der Waals surface area contributed by atoms with Gasteiger partial charge in [-0.2, -0.15) is 0 Å². The third kappa shape index (κ3) is 5.18. The summed E-state index contributed by atoms with van der Waals surface area (Å²) in [5.74, 6) is -1.24. The summed E-state index contributed by atoms with van der Waals surface area (Å²) >= 11 is 0. The van der Waals surface area contributed by atoms with Gasteiger partial charge in [0.1, 0.15) is 12.6 Å². The van der Waals surface area contributed by atoms with Gasteiger partial charge in [0, 0.05) is 12.0 Å². The van der Waals surface area contributed by atoms with Crippen LogP contribution in [0.25, 0.3) is 11.1 Å². The highest BCUT2D eigenvalue weighted by atomic mass is 16.5. The van der Waals surface area contributed by atoms with Gasteiger partial charge < -0.3 is 20.5 Å². The Morgan fingerprint density at radius 1 is 0.970 bits per heavy atom. The van der Waals surface area contributed by atoms with Crippen molar-refractivity contribution in [2.45, 2.75) is 57.0 Å². The van der Waals surface area contributed by atoms with E-state index in [1.54, 1.807) is 6.92 Å². The summed E-state index contributed by atoms with van der Waals surface area (Å²) in [5, 5.41) is 14.6. The quantitative estimate of drug-likeness (QED) is 0.563. The highest BCUT2D eigenvalue weighted by molar-refractivity contribution is 5.86. The number of carboxylic acids is 1. The lowest BCUT2D eigenvalue weighted by Gasteiger charge is -2.25. The summed E-state index contributed by atoms with van der Waals surface area (Å²) in [5.41, 5.74) is 4.52. The number of carbonyl (C=O) groups is 3. The number of benzene rings is 2. The molecule has 0 bridgehead atoms. The van der Waals surface area contributed by atoms with Gasteiger partial charge in [0.25, 0.3) is 0 Å². The third-order valence-electron chi connectivity index (χ3n) is 6.76. The van der Waals surface area contributed by atoms with E-state index in [0.29, 0.717) is 0 Å². The molecule has 2 aromatic carbocycles. The molecule has 1 saturated carbocycles. The molecular weight excluding hydrogens is 420 g/mol. The van der Waals surface area contributed by atoms with Gasteiger partial charge >= 0.3 is 12.1 Å². The number of hydrogen-bond acceptors (Lipinski definition) is 4. The summed E-state index contributed by atoms with van der Waals surface area (Å²) in [6.07, 6.45) is 3.12. The number of carboxylic acid groups (broad SMARTS) is 1. The molecule has 2 aromatic rings.